The number of carbonyl (C=O) groups excluding carboxylic acids is 1. The fraction of sp³-hybridized carbons (Fsp3) is 0.273. The molecule has 0 amide bonds. The van der Waals surface area contributed by atoms with E-state index in [9.17, 15) is 9.59 Å². The van der Waals surface area contributed by atoms with E-state index in [1.807, 2.05) is 0 Å². The summed E-state index contributed by atoms with van der Waals surface area (Å²) in [5.41, 5.74) is 0.322. The Hall–Kier alpha value is -1.68. The Balaban J connectivity index is 3.03. The molecule has 0 spiro atoms. The predicted octanol–water partition coefficient (Wildman–Crippen LogP) is 1.13. The number of likely N-dealkylation sites (N-methyl/N-ethyl adjacent to an activating group) is 1. The van der Waals surface area contributed by atoms with E-state index in [1.165, 1.54) is 12.1 Å². The Morgan fingerprint density at radius 2 is 1.73 bits per heavy atom. The lowest BCUT2D eigenvalue weighted by molar-refractivity contribution is 0.0691. The van der Waals surface area contributed by atoms with Gasteiger partial charge >= 0.3 is 5.97 Å². The summed E-state index contributed by atoms with van der Waals surface area (Å²) in [4.78, 5) is 24.2. The Labute approximate surface area is 88.1 Å². The number of carbonyl (C=O) groups is 2. The lowest BCUT2D eigenvalue weighted by Crippen LogP contribution is -2.23. The van der Waals surface area contributed by atoms with Gasteiger partial charge in [0.15, 0.2) is 5.78 Å². The molecule has 0 aliphatic carbocycles. The lowest BCUT2D eigenvalue weighted by atomic mass is 10.0. The van der Waals surface area contributed by atoms with Crippen molar-refractivity contribution in [2.24, 2.45) is 0 Å². The number of carboxylic acids is 1. The van der Waals surface area contributed by atoms with Gasteiger partial charge in [-0.3, -0.25) is 4.79 Å². The third-order valence-electron chi connectivity index (χ3n) is 1.92. The quantitative estimate of drug-likeness (QED) is 0.752. The zero-order valence-electron chi connectivity index (χ0n) is 8.73. The third-order valence-corrected chi connectivity index (χ3v) is 1.92. The van der Waals surface area contributed by atoms with Gasteiger partial charge in [-0.25, -0.2) is 4.79 Å². The molecule has 15 heavy (non-hydrogen) atoms. The van der Waals surface area contributed by atoms with Gasteiger partial charge in [-0.05, 0) is 20.2 Å². The standard InChI is InChI=1S/C11H13NO3/c1-12(2)7-10(13)8-5-3-4-6-9(8)11(14)15/h3-6H,7H2,1-2H3,(H,14,15). The van der Waals surface area contributed by atoms with Crippen LogP contribution in [0.25, 0.3) is 0 Å². The summed E-state index contributed by atoms with van der Waals surface area (Å²) in [5, 5.41) is 8.88. The fourth-order valence-corrected chi connectivity index (χ4v) is 1.29. The van der Waals surface area contributed by atoms with E-state index in [0.29, 0.717) is 0 Å². The van der Waals surface area contributed by atoms with Crippen LogP contribution in [-0.4, -0.2) is 42.4 Å². The van der Waals surface area contributed by atoms with Crippen molar-refractivity contribution in [3.05, 3.63) is 35.4 Å². The number of carboxylic acid groups (broad SMARTS) is 1. The average Bonchev–Trinajstić information content (AvgIpc) is 2.16. The number of aromatic carboxylic acids is 1. The molecule has 0 fully saturated rings. The van der Waals surface area contributed by atoms with Gasteiger partial charge in [0, 0.05) is 5.56 Å². The molecule has 0 atom stereocenters. The van der Waals surface area contributed by atoms with Crippen LogP contribution in [0.15, 0.2) is 24.3 Å². The molecule has 4 nitrogen and oxygen atoms in total. The van der Waals surface area contributed by atoms with Gasteiger partial charge in [0.25, 0.3) is 0 Å². The predicted molar refractivity (Wildman–Crippen MR) is 56.3 cm³/mol. The van der Waals surface area contributed by atoms with Gasteiger partial charge in [0.2, 0.25) is 0 Å². The van der Waals surface area contributed by atoms with Crippen molar-refractivity contribution in [2.75, 3.05) is 20.6 Å². The maximum absolute atomic E-state index is 11.7. The van der Waals surface area contributed by atoms with E-state index >= 15 is 0 Å². The molecule has 1 N–H and O–H groups in total. The Morgan fingerprint density at radius 3 is 2.20 bits per heavy atom. The van der Waals surface area contributed by atoms with Gasteiger partial charge in [0.05, 0.1) is 12.1 Å². The fourth-order valence-electron chi connectivity index (χ4n) is 1.29. The zero-order valence-corrected chi connectivity index (χ0v) is 8.73. The molecule has 1 aromatic rings. The molecule has 0 aromatic heterocycles. The van der Waals surface area contributed by atoms with Crippen molar-refractivity contribution in [3.8, 4) is 0 Å². The third kappa shape index (κ3) is 2.89. The number of nitrogens with zero attached hydrogens (tertiary/aromatic N) is 1. The Morgan fingerprint density at radius 1 is 1.20 bits per heavy atom. The maximum Gasteiger partial charge on any atom is 0.336 e. The van der Waals surface area contributed by atoms with E-state index in [0.717, 1.165) is 0 Å². The van der Waals surface area contributed by atoms with Crippen molar-refractivity contribution >= 4 is 11.8 Å². The first-order chi connectivity index (χ1) is 7.02. The summed E-state index contributed by atoms with van der Waals surface area (Å²) in [6, 6.07) is 6.24. The van der Waals surface area contributed by atoms with Crippen LogP contribution >= 0.6 is 0 Å². The molecule has 0 heterocycles. The highest BCUT2D eigenvalue weighted by Gasteiger charge is 2.15. The van der Waals surface area contributed by atoms with Crippen LogP contribution in [0.3, 0.4) is 0 Å². The smallest absolute Gasteiger partial charge is 0.336 e. The average molecular weight is 207 g/mol. The van der Waals surface area contributed by atoms with Crippen LogP contribution in [0.5, 0.6) is 0 Å². The van der Waals surface area contributed by atoms with Gasteiger partial charge in [0.1, 0.15) is 0 Å². The van der Waals surface area contributed by atoms with Crippen molar-refractivity contribution in [1.29, 1.82) is 0 Å². The van der Waals surface area contributed by atoms with Crippen molar-refractivity contribution in [3.63, 3.8) is 0 Å². The monoisotopic (exact) mass is 207 g/mol. The van der Waals surface area contributed by atoms with Gasteiger partial charge in [-0.1, -0.05) is 18.2 Å². The van der Waals surface area contributed by atoms with Crippen molar-refractivity contribution in [1.82, 2.24) is 4.90 Å². The number of rotatable bonds is 4. The molecule has 0 aliphatic rings. The first kappa shape index (κ1) is 11.4. The largest absolute Gasteiger partial charge is 0.478 e. The highest BCUT2D eigenvalue weighted by atomic mass is 16.4. The SMILES string of the molecule is CN(C)CC(=O)c1ccccc1C(=O)O. The summed E-state index contributed by atoms with van der Waals surface area (Å²) in [6.07, 6.45) is 0. The number of Topliss-reactive ketones (excluding diaryl/α,β-unsaturated/α-hetero) is 1. The minimum absolute atomic E-state index is 0.0596. The normalized spacial score (nSPS) is 10.3. The van der Waals surface area contributed by atoms with E-state index < -0.39 is 5.97 Å². The topological polar surface area (TPSA) is 57.6 Å². The minimum Gasteiger partial charge on any atom is -0.478 e. The van der Waals surface area contributed by atoms with Crippen LogP contribution in [0.4, 0.5) is 0 Å². The Bertz CT molecular complexity index is 385. The minimum atomic E-state index is -1.07. The van der Waals surface area contributed by atoms with Crippen LogP contribution in [-0.2, 0) is 0 Å². The number of hydrogen-bond acceptors (Lipinski definition) is 3. The molecule has 0 bridgehead atoms. The molecule has 0 saturated heterocycles. The summed E-state index contributed by atoms with van der Waals surface area (Å²) in [6.45, 7) is 0.213. The molecule has 0 unspecified atom stereocenters. The molecular weight excluding hydrogens is 194 g/mol. The number of ketones is 1. The second-order valence-electron chi connectivity index (χ2n) is 3.51. The molecule has 1 rings (SSSR count). The molecule has 0 radical (unpaired) electrons. The molecule has 80 valence electrons. The van der Waals surface area contributed by atoms with Gasteiger partial charge in [-0.2, -0.15) is 0 Å². The van der Waals surface area contributed by atoms with E-state index in [4.69, 9.17) is 5.11 Å². The number of hydrogen-bond donors (Lipinski definition) is 1. The molecular formula is C11H13NO3. The first-order valence-corrected chi connectivity index (χ1v) is 4.52. The summed E-state index contributed by atoms with van der Waals surface area (Å²) in [5.74, 6) is -1.25. The van der Waals surface area contributed by atoms with Crippen LogP contribution in [0.1, 0.15) is 20.7 Å². The molecule has 0 aliphatic heterocycles. The number of benzene rings is 1. The second kappa shape index (κ2) is 4.70. The molecule has 4 heteroatoms. The van der Waals surface area contributed by atoms with E-state index in [-0.39, 0.29) is 23.5 Å². The first-order valence-electron chi connectivity index (χ1n) is 4.52. The van der Waals surface area contributed by atoms with Gasteiger partial charge < -0.3 is 10.0 Å². The maximum atomic E-state index is 11.7. The lowest BCUT2D eigenvalue weighted by Gasteiger charge is -2.09. The molecule has 1 aromatic carbocycles. The highest BCUT2D eigenvalue weighted by Crippen LogP contribution is 2.09. The van der Waals surface area contributed by atoms with Crippen molar-refractivity contribution < 1.29 is 14.7 Å². The van der Waals surface area contributed by atoms with Crippen LogP contribution in [0, 0.1) is 0 Å². The zero-order chi connectivity index (χ0) is 11.4. The Kier molecular flexibility index (Phi) is 3.57. The van der Waals surface area contributed by atoms with Crippen LogP contribution in [0.2, 0.25) is 0 Å². The van der Waals surface area contributed by atoms with E-state index in [1.54, 1.807) is 31.1 Å². The molecule has 0 saturated carbocycles. The van der Waals surface area contributed by atoms with E-state index in [2.05, 4.69) is 0 Å². The summed E-state index contributed by atoms with van der Waals surface area (Å²) < 4.78 is 0. The van der Waals surface area contributed by atoms with Crippen molar-refractivity contribution in [2.45, 2.75) is 0 Å². The second-order valence-corrected chi connectivity index (χ2v) is 3.51. The summed E-state index contributed by atoms with van der Waals surface area (Å²) >= 11 is 0. The highest BCUT2D eigenvalue weighted by molar-refractivity contribution is 6.06. The summed E-state index contributed by atoms with van der Waals surface area (Å²) in [7, 11) is 3.53. The van der Waals surface area contributed by atoms with Gasteiger partial charge in [-0.15, -0.1) is 0 Å². The van der Waals surface area contributed by atoms with Crippen LogP contribution < -0.4 is 0 Å².